The summed E-state index contributed by atoms with van der Waals surface area (Å²) in [6, 6.07) is 13.0. The molecule has 0 saturated carbocycles. The van der Waals surface area contributed by atoms with Crippen molar-refractivity contribution in [2.75, 3.05) is 13.1 Å². The fourth-order valence-corrected chi connectivity index (χ4v) is 3.89. The van der Waals surface area contributed by atoms with E-state index in [1.165, 1.54) is 10.6 Å². The van der Waals surface area contributed by atoms with Crippen LogP contribution in [-0.2, 0) is 11.3 Å². The maximum Gasteiger partial charge on any atom is 0.256 e. The van der Waals surface area contributed by atoms with E-state index in [2.05, 4.69) is 12.0 Å². The molecule has 30 heavy (non-hydrogen) atoms. The minimum atomic E-state index is -0.259. The second-order valence-corrected chi connectivity index (χ2v) is 8.13. The summed E-state index contributed by atoms with van der Waals surface area (Å²) >= 11 is 0. The van der Waals surface area contributed by atoms with Crippen LogP contribution in [0.3, 0.4) is 0 Å². The Bertz CT molecular complexity index is 1110. The Morgan fingerprint density at radius 1 is 1.10 bits per heavy atom. The number of carbonyl (C=O) groups excluding carboxylic acids is 1. The molecule has 0 N–H and O–H groups in total. The van der Waals surface area contributed by atoms with Crippen molar-refractivity contribution in [1.82, 2.24) is 24.2 Å². The van der Waals surface area contributed by atoms with Crippen LogP contribution in [0.25, 0.3) is 17.2 Å². The van der Waals surface area contributed by atoms with Gasteiger partial charge in [0.25, 0.3) is 5.56 Å². The lowest BCUT2D eigenvalue weighted by molar-refractivity contribution is -0.133. The molecular formula is C23H27N5O2. The monoisotopic (exact) mass is 405 g/mol. The van der Waals surface area contributed by atoms with Crippen molar-refractivity contribution in [3.8, 4) is 17.2 Å². The van der Waals surface area contributed by atoms with Crippen LogP contribution in [-0.4, -0.2) is 43.2 Å². The Morgan fingerprint density at radius 2 is 1.80 bits per heavy atom. The third kappa shape index (κ3) is 4.06. The first-order valence-electron chi connectivity index (χ1n) is 10.4. The first kappa shape index (κ1) is 20.1. The molecule has 1 saturated heterocycles. The number of hydrogen-bond acceptors (Lipinski definition) is 4. The van der Waals surface area contributed by atoms with Crippen LogP contribution in [0, 0.1) is 19.8 Å². The molecule has 4 rings (SSSR count). The zero-order valence-electron chi connectivity index (χ0n) is 17.7. The van der Waals surface area contributed by atoms with Crippen LogP contribution >= 0.6 is 0 Å². The maximum absolute atomic E-state index is 13.1. The standard InChI is InChI=1S/C23H27N5O2/c1-16-9-11-26(12-10-16)22(30)15-27-21(29)14-20(19-7-5-4-6-8-19)24-23(27)28-18(3)13-17(2)25-28/h4-8,13-14,16H,9-12,15H2,1-3H3. The van der Waals surface area contributed by atoms with Gasteiger partial charge in [0.05, 0.1) is 11.4 Å². The van der Waals surface area contributed by atoms with Gasteiger partial charge >= 0.3 is 0 Å². The van der Waals surface area contributed by atoms with E-state index in [0.717, 1.165) is 42.9 Å². The first-order chi connectivity index (χ1) is 14.4. The van der Waals surface area contributed by atoms with Gasteiger partial charge in [-0.05, 0) is 38.7 Å². The molecule has 0 spiro atoms. The summed E-state index contributed by atoms with van der Waals surface area (Å²) in [5.74, 6) is 0.945. The normalized spacial score (nSPS) is 14.8. The highest BCUT2D eigenvalue weighted by atomic mass is 16.2. The summed E-state index contributed by atoms with van der Waals surface area (Å²) in [6.07, 6.45) is 1.99. The Kier molecular flexibility index (Phi) is 5.53. The van der Waals surface area contributed by atoms with E-state index in [9.17, 15) is 9.59 Å². The predicted molar refractivity (Wildman–Crippen MR) is 116 cm³/mol. The largest absolute Gasteiger partial charge is 0.341 e. The predicted octanol–water partition coefficient (Wildman–Crippen LogP) is 2.97. The van der Waals surface area contributed by atoms with Gasteiger partial charge < -0.3 is 4.90 Å². The Hall–Kier alpha value is -3.22. The number of aryl methyl sites for hydroxylation is 2. The number of carbonyl (C=O) groups is 1. The highest BCUT2D eigenvalue weighted by molar-refractivity contribution is 5.76. The topological polar surface area (TPSA) is 73.0 Å². The van der Waals surface area contributed by atoms with Crippen molar-refractivity contribution in [3.63, 3.8) is 0 Å². The third-order valence-corrected chi connectivity index (χ3v) is 5.69. The van der Waals surface area contributed by atoms with Crippen molar-refractivity contribution in [2.45, 2.75) is 40.2 Å². The van der Waals surface area contributed by atoms with Gasteiger partial charge in [-0.3, -0.25) is 14.2 Å². The van der Waals surface area contributed by atoms with E-state index in [1.807, 2.05) is 55.1 Å². The number of benzene rings is 1. The lowest BCUT2D eigenvalue weighted by atomic mass is 9.99. The summed E-state index contributed by atoms with van der Waals surface area (Å²) in [4.78, 5) is 32.7. The van der Waals surface area contributed by atoms with Crippen LogP contribution in [0.2, 0.25) is 0 Å². The third-order valence-electron chi connectivity index (χ3n) is 5.69. The second kappa shape index (κ2) is 8.26. The Labute approximate surface area is 176 Å². The van der Waals surface area contributed by atoms with E-state index in [1.54, 1.807) is 4.68 Å². The summed E-state index contributed by atoms with van der Waals surface area (Å²) < 4.78 is 3.08. The van der Waals surface area contributed by atoms with Gasteiger partial charge in [-0.15, -0.1) is 0 Å². The molecule has 1 aromatic carbocycles. The lowest BCUT2D eigenvalue weighted by Gasteiger charge is -2.30. The van der Waals surface area contributed by atoms with Gasteiger partial charge in [0.1, 0.15) is 6.54 Å². The smallest absolute Gasteiger partial charge is 0.256 e. The molecule has 156 valence electrons. The quantitative estimate of drug-likeness (QED) is 0.669. The second-order valence-electron chi connectivity index (χ2n) is 8.13. The molecule has 1 fully saturated rings. The molecule has 7 heteroatoms. The van der Waals surface area contributed by atoms with Gasteiger partial charge in [0.15, 0.2) is 0 Å². The molecule has 1 aliphatic rings. The fraction of sp³-hybridized carbons (Fsp3) is 0.391. The molecule has 0 atom stereocenters. The van der Waals surface area contributed by atoms with Gasteiger partial charge in [0.2, 0.25) is 11.9 Å². The van der Waals surface area contributed by atoms with Crippen LogP contribution < -0.4 is 5.56 Å². The van der Waals surface area contributed by atoms with Crippen LogP contribution in [0.4, 0.5) is 0 Å². The number of likely N-dealkylation sites (tertiary alicyclic amines) is 1. The van der Waals surface area contributed by atoms with Crippen molar-refractivity contribution >= 4 is 5.91 Å². The summed E-state index contributed by atoms with van der Waals surface area (Å²) in [5.41, 5.74) is 2.84. The molecule has 2 aromatic heterocycles. The van der Waals surface area contributed by atoms with Gasteiger partial charge in [-0.2, -0.15) is 5.10 Å². The van der Waals surface area contributed by atoms with Gasteiger partial charge in [0, 0.05) is 30.4 Å². The summed E-state index contributed by atoms with van der Waals surface area (Å²) in [7, 11) is 0. The molecule has 0 unspecified atom stereocenters. The minimum Gasteiger partial charge on any atom is -0.341 e. The zero-order chi connectivity index (χ0) is 21.3. The molecular weight excluding hydrogens is 378 g/mol. The molecule has 1 aliphatic heterocycles. The highest BCUT2D eigenvalue weighted by Crippen LogP contribution is 2.19. The van der Waals surface area contributed by atoms with Gasteiger partial charge in [-0.1, -0.05) is 37.3 Å². The number of nitrogens with zero attached hydrogens (tertiary/aromatic N) is 5. The summed E-state index contributed by atoms with van der Waals surface area (Å²) in [5, 5.41) is 4.52. The summed E-state index contributed by atoms with van der Waals surface area (Å²) in [6.45, 7) is 7.45. The molecule has 3 aromatic rings. The van der Waals surface area contributed by atoms with E-state index in [0.29, 0.717) is 17.6 Å². The Morgan fingerprint density at radius 3 is 2.43 bits per heavy atom. The number of amides is 1. The van der Waals surface area contributed by atoms with Crippen LogP contribution in [0.1, 0.15) is 31.2 Å². The van der Waals surface area contributed by atoms with E-state index >= 15 is 0 Å². The number of aromatic nitrogens is 4. The molecule has 7 nitrogen and oxygen atoms in total. The average molecular weight is 406 g/mol. The maximum atomic E-state index is 13.1. The number of hydrogen-bond donors (Lipinski definition) is 0. The highest BCUT2D eigenvalue weighted by Gasteiger charge is 2.23. The van der Waals surface area contributed by atoms with Crippen molar-refractivity contribution in [1.29, 1.82) is 0 Å². The fourth-order valence-electron chi connectivity index (χ4n) is 3.89. The average Bonchev–Trinajstić information content (AvgIpc) is 3.08. The number of rotatable bonds is 4. The molecule has 0 aliphatic carbocycles. The minimum absolute atomic E-state index is 0.0387. The Balaban J connectivity index is 1.76. The lowest BCUT2D eigenvalue weighted by Crippen LogP contribution is -2.42. The van der Waals surface area contributed by atoms with E-state index < -0.39 is 0 Å². The van der Waals surface area contributed by atoms with Crippen LogP contribution in [0.15, 0.2) is 47.3 Å². The van der Waals surface area contributed by atoms with Crippen molar-refractivity contribution < 1.29 is 4.79 Å². The van der Waals surface area contributed by atoms with Crippen LogP contribution in [0.5, 0.6) is 0 Å². The zero-order valence-corrected chi connectivity index (χ0v) is 17.7. The van der Waals surface area contributed by atoms with Gasteiger partial charge in [-0.25, -0.2) is 9.67 Å². The van der Waals surface area contributed by atoms with Crippen molar-refractivity contribution in [3.05, 3.63) is 64.2 Å². The number of piperidine rings is 1. The SMILES string of the molecule is Cc1cc(C)n(-c2nc(-c3ccccc3)cc(=O)n2CC(=O)N2CCC(C)CC2)n1. The first-order valence-corrected chi connectivity index (χ1v) is 10.4. The van der Waals surface area contributed by atoms with E-state index in [4.69, 9.17) is 4.98 Å². The molecule has 1 amide bonds. The van der Waals surface area contributed by atoms with E-state index in [-0.39, 0.29) is 18.0 Å². The molecule has 3 heterocycles. The van der Waals surface area contributed by atoms with Crippen molar-refractivity contribution in [2.24, 2.45) is 5.92 Å². The molecule has 0 bridgehead atoms. The molecule has 0 radical (unpaired) electrons.